The molecule has 0 nitrogen and oxygen atoms in total. The average Bonchev–Trinajstić information content (AvgIpc) is 2.20. The van der Waals surface area contributed by atoms with Gasteiger partial charge in [0.25, 0.3) is 0 Å². The molecule has 0 rings (SSSR count). The minimum Gasteiger partial charge on any atom is -0.0991 e. The molecule has 0 aromatic rings. The maximum Gasteiger partial charge on any atom is -0.0253 e. The van der Waals surface area contributed by atoms with E-state index in [0.717, 1.165) is 12.3 Å². The lowest BCUT2D eigenvalue weighted by Crippen LogP contribution is -1.94. The van der Waals surface area contributed by atoms with Gasteiger partial charge in [-0.2, -0.15) is 0 Å². The lowest BCUT2D eigenvalue weighted by Gasteiger charge is -2.09. The van der Waals surface area contributed by atoms with Gasteiger partial charge < -0.3 is 0 Å². The first kappa shape index (κ1) is 15.7. The summed E-state index contributed by atoms with van der Waals surface area (Å²) in [4.78, 5) is 0. The van der Waals surface area contributed by atoms with Crippen LogP contribution in [0, 0.1) is 5.92 Å². The second-order valence-electron chi connectivity index (χ2n) is 3.28. The van der Waals surface area contributed by atoms with Crippen molar-refractivity contribution in [3.63, 3.8) is 0 Å². The summed E-state index contributed by atoms with van der Waals surface area (Å²) >= 11 is 0. The quantitative estimate of drug-likeness (QED) is 0.514. The van der Waals surface area contributed by atoms with E-state index in [4.69, 9.17) is 0 Å². The molecule has 0 aliphatic heterocycles. The van der Waals surface area contributed by atoms with Crippen molar-refractivity contribution in [1.29, 1.82) is 0 Å². The molecule has 0 radical (unpaired) electrons. The standard InChI is InChI=1S/C12H20.C2H6/c1-5-8-11(4)10-12(7-3)9-6-2;1-2/h6-7,9,11H,2-3,5,8,10H2,1,4H3;1-2H3/b12-9+;. The monoisotopic (exact) mass is 194 g/mol. The largest absolute Gasteiger partial charge is 0.0991 e. The Morgan fingerprint density at radius 3 is 2.21 bits per heavy atom. The summed E-state index contributed by atoms with van der Waals surface area (Å²) in [6.45, 7) is 16.0. The Morgan fingerprint density at radius 1 is 1.29 bits per heavy atom. The number of hydrogen-bond acceptors (Lipinski definition) is 0. The normalized spacial score (nSPS) is 12.4. The second kappa shape index (κ2) is 12.2. The van der Waals surface area contributed by atoms with E-state index in [1.54, 1.807) is 0 Å². The molecule has 0 aromatic heterocycles. The molecule has 1 atom stereocenters. The molecule has 1 unspecified atom stereocenters. The highest BCUT2D eigenvalue weighted by molar-refractivity contribution is 5.21. The summed E-state index contributed by atoms with van der Waals surface area (Å²) in [5, 5.41) is 0. The minimum absolute atomic E-state index is 0.763. The van der Waals surface area contributed by atoms with E-state index in [1.165, 1.54) is 18.4 Å². The van der Waals surface area contributed by atoms with Crippen LogP contribution in [-0.4, -0.2) is 0 Å². The van der Waals surface area contributed by atoms with Gasteiger partial charge in [-0.05, 0) is 17.9 Å². The van der Waals surface area contributed by atoms with E-state index in [-0.39, 0.29) is 0 Å². The fourth-order valence-electron chi connectivity index (χ4n) is 1.37. The third-order valence-corrected chi connectivity index (χ3v) is 1.96. The van der Waals surface area contributed by atoms with Crippen LogP contribution in [0.3, 0.4) is 0 Å². The molecule has 0 spiro atoms. The molecule has 0 aliphatic rings. The molecule has 14 heavy (non-hydrogen) atoms. The van der Waals surface area contributed by atoms with Gasteiger partial charge in [0, 0.05) is 0 Å². The van der Waals surface area contributed by atoms with Gasteiger partial charge in [0.15, 0.2) is 0 Å². The van der Waals surface area contributed by atoms with Crippen LogP contribution in [0.4, 0.5) is 0 Å². The lowest BCUT2D eigenvalue weighted by atomic mass is 9.97. The molecule has 0 heterocycles. The lowest BCUT2D eigenvalue weighted by molar-refractivity contribution is 0.524. The first-order valence-corrected chi connectivity index (χ1v) is 5.68. The van der Waals surface area contributed by atoms with Crippen LogP contribution in [-0.2, 0) is 0 Å². The molecule has 0 bridgehead atoms. The van der Waals surface area contributed by atoms with Gasteiger partial charge in [0.1, 0.15) is 0 Å². The number of allylic oxidation sites excluding steroid dienone is 4. The predicted octanol–water partition coefficient (Wildman–Crippen LogP) is 5.14. The summed E-state index contributed by atoms with van der Waals surface area (Å²) in [5.41, 5.74) is 1.30. The van der Waals surface area contributed by atoms with Crippen LogP contribution in [0.25, 0.3) is 0 Å². The van der Waals surface area contributed by atoms with Crippen LogP contribution in [0.2, 0.25) is 0 Å². The van der Waals surface area contributed by atoms with Gasteiger partial charge in [0.2, 0.25) is 0 Å². The smallest absolute Gasteiger partial charge is 0.0253 e. The first-order chi connectivity index (χ1) is 6.74. The van der Waals surface area contributed by atoms with Crippen molar-refractivity contribution in [2.75, 3.05) is 0 Å². The van der Waals surface area contributed by atoms with E-state index in [9.17, 15) is 0 Å². The van der Waals surface area contributed by atoms with E-state index >= 15 is 0 Å². The van der Waals surface area contributed by atoms with Gasteiger partial charge in [-0.15, -0.1) is 0 Å². The fourth-order valence-corrected chi connectivity index (χ4v) is 1.37. The first-order valence-electron chi connectivity index (χ1n) is 5.68. The second-order valence-corrected chi connectivity index (χ2v) is 3.28. The van der Waals surface area contributed by atoms with Gasteiger partial charge in [-0.25, -0.2) is 0 Å². The molecule has 0 aromatic carbocycles. The molecule has 0 heteroatoms. The van der Waals surface area contributed by atoms with E-state index in [1.807, 2.05) is 32.1 Å². The highest BCUT2D eigenvalue weighted by Crippen LogP contribution is 2.16. The number of rotatable bonds is 6. The minimum atomic E-state index is 0.763. The van der Waals surface area contributed by atoms with Crippen molar-refractivity contribution in [3.05, 3.63) is 37.0 Å². The third-order valence-electron chi connectivity index (χ3n) is 1.96. The highest BCUT2D eigenvalue weighted by Gasteiger charge is 2.01. The topological polar surface area (TPSA) is 0 Å². The molecule has 0 saturated carbocycles. The predicted molar refractivity (Wildman–Crippen MR) is 68.5 cm³/mol. The Bertz CT molecular complexity index is 163. The maximum atomic E-state index is 3.78. The fraction of sp³-hybridized carbons (Fsp3) is 0.571. The van der Waals surface area contributed by atoms with Crippen LogP contribution >= 0.6 is 0 Å². The Hall–Kier alpha value is -0.780. The zero-order valence-electron chi connectivity index (χ0n) is 10.3. The van der Waals surface area contributed by atoms with Gasteiger partial charge in [-0.1, -0.05) is 71.9 Å². The zero-order chi connectivity index (χ0) is 11.4. The van der Waals surface area contributed by atoms with Gasteiger partial charge in [-0.3, -0.25) is 0 Å². The number of hydrogen-bond donors (Lipinski definition) is 0. The van der Waals surface area contributed by atoms with Crippen LogP contribution < -0.4 is 0 Å². The summed E-state index contributed by atoms with van der Waals surface area (Å²) in [5.74, 6) is 0.763. The third kappa shape index (κ3) is 9.31. The Labute approximate surface area is 90.4 Å². The molecule has 0 fully saturated rings. The van der Waals surface area contributed by atoms with E-state index < -0.39 is 0 Å². The van der Waals surface area contributed by atoms with Crippen molar-refractivity contribution < 1.29 is 0 Å². The Kier molecular flexibility index (Phi) is 13.7. The van der Waals surface area contributed by atoms with E-state index in [0.29, 0.717) is 0 Å². The van der Waals surface area contributed by atoms with E-state index in [2.05, 4.69) is 27.0 Å². The summed E-state index contributed by atoms with van der Waals surface area (Å²) < 4.78 is 0. The molecule has 0 aliphatic carbocycles. The summed E-state index contributed by atoms with van der Waals surface area (Å²) in [7, 11) is 0. The van der Waals surface area contributed by atoms with Crippen molar-refractivity contribution in [2.24, 2.45) is 5.92 Å². The zero-order valence-corrected chi connectivity index (χ0v) is 10.3. The molecule has 82 valence electrons. The molecular formula is C14H26. The van der Waals surface area contributed by atoms with Crippen molar-refractivity contribution in [2.45, 2.75) is 47.0 Å². The van der Waals surface area contributed by atoms with Crippen molar-refractivity contribution >= 4 is 0 Å². The Morgan fingerprint density at radius 2 is 1.86 bits per heavy atom. The van der Waals surface area contributed by atoms with Gasteiger partial charge in [0.05, 0.1) is 0 Å². The SMILES string of the molecule is C=C/C=C(\C=C)CC(C)CCC.CC. The van der Waals surface area contributed by atoms with Crippen LogP contribution in [0.5, 0.6) is 0 Å². The van der Waals surface area contributed by atoms with Crippen molar-refractivity contribution in [3.8, 4) is 0 Å². The molecule has 0 N–H and O–H groups in total. The summed E-state index contributed by atoms with van der Waals surface area (Å²) in [6.07, 6.45) is 9.48. The maximum absolute atomic E-state index is 3.78. The summed E-state index contributed by atoms with van der Waals surface area (Å²) in [6, 6.07) is 0. The van der Waals surface area contributed by atoms with Gasteiger partial charge >= 0.3 is 0 Å². The molecular weight excluding hydrogens is 168 g/mol. The van der Waals surface area contributed by atoms with Crippen molar-refractivity contribution in [1.82, 2.24) is 0 Å². The molecule has 0 amide bonds. The molecule has 0 saturated heterocycles. The average molecular weight is 194 g/mol. The Balaban J connectivity index is 0. The highest BCUT2D eigenvalue weighted by atomic mass is 14.1. The van der Waals surface area contributed by atoms with Crippen LogP contribution in [0.15, 0.2) is 37.0 Å². The van der Waals surface area contributed by atoms with Crippen LogP contribution in [0.1, 0.15) is 47.0 Å².